The normalized spacial score (nSPS) is 10.7. The number of carbonyl (C=O) groups is 1. The van der Waals surface area contributed by atoms with Gasteiger partial charge in [0.05, 0.1) is 5.69 Å². The van der Waals surface area contributed by atoms with Gasteiger partial charge in [-0.05, 0) is 10.8 Å². The molecule has 1 amide bonds. The van der Waals surface area contributed by atoms with Gasteiger partial charge in [0.15, 0.2) is 16.6 Å². The number of nitrogens with two attached hydrogens (primary N) is 1. The first-order valence-corrected chi connectivity index (χ1v) is 8.42. The number of benzene rings is 2. The Bertz CT molecular complexity index is 1070. The van der Waals surface area contributed by atoms with E-state index < -0.39 is 5.91 Å². The summed E-state index contributed by atoms with van der Waals surface area (Å²) in [5, 5.41) is 7.38. The molecule has 0 radical (unpaired) electrons. The Hall–Kier alpha value is -3.32. The number of amides is 1. The lowest BCUT2D eigenvalue weighted by Gasteiger charge is -2.04. The second kappa shape index (κ2) is 6.29. The molecule has 2 aromatic carbocycles. The molecule has 0 saturated heterocycles. The van der Waals surface area contributed by atoms with Crippen molar-refractivity contribution in [2.24, 2.45) is 0 Å². The molecule has 0 aliphatic rings. The molecule has 0 bridgehead atoms. The number of fused-ring (bicyclic) bond motifs is 1. The van der Waals surface area contributed by atoms with Gasteiger partial charge in [0.1, 0.15) is 0 Å². The summed E-state index contributed by atoms with van der Waals surface area (Å²) in [5.74, 6) is -0.338. The molecule has 0 aliphatic heterocycles. The van der Waals surface area contributed by atoms with Crippen LogP contribution in [-0.2, 0) is 0 Å². The molecule has 122 valence electrons. The molecule has 3 N–H and O–H groups in total. The van der Waals surface area contributed by atoms with Crippen molar-refractivity contribution >= 4 is 39.0 Å². The number of aromatic nitrogens is 3. The van der Waals surface area contributed by atoms with Crippen LogP contribution in [0.5, 0.6) is 0 Å². The number of nitrogens with zero attached hydrogens (tertiary/aromatic N) is 3. The highest BCUT2D eigenvalue weighted by molar-refractivity contribution is 7.14. The van der Waals surface area contributed by atoms with Gasteiger partial charge < -0.3 is 5.73 Å². The highest BCUT2D eigenvalue weighted by Crippen LogP contribution is 2.31. The SMILES string of the molecule is Nc1nccnc1C(=O)Nc1nc(-c2cccc3ccccc23)cs1. The van der Waals surface area contributed by atoms with Crippen LogP contribution in [0.15, 0.2) is 60.2 Å². The lowest BCUT2D eigenvalue weighted by molar-refractivity contribution is 0.102. The van der Waals surface area contributed by atoms with Crippen LogP contribution in [0, 0.1) is 0 Å². The number of anilines is 2. The topological polar surface area (TPSA) is 93.8 Å². The molecule has 0 unspecified atom stereocenters. The van der Waals surface area contributed by atoms with E-state index in [0.717, 1.165) is 22.0 Å². The third kappa shape index (κ3) is 2.92. The van der Waals surface area contributed by atoms with Gasteiger partial charge in [0, 0.05) is 23.3 Å². The number of rotatable bonds is 3. The summed E-state index contributed by atoms with van der Waals surface area (Å²) in [5.41, 5.74) is 7.60. The molecular weight excluding hydrogens is 334 g/mol. The maximum Gasteiger partial charge on any atom is 0.279 e. The molecule has 0 spiro atoms. The average Bonchev–Trinajstić information content (AvgIpc) is 3.10. The van der Waals surface area contributed by atoms with Crippen molar-refractivity contribution in [3.8, 4) is 11.3 Å². The average molecular weight is 347 g/mol. The fourth-order valence-electron chi connectivity index (χ4n) is 2.58. The van der Waals surface area contributed by atoms with E-state index in [1.165, 1.54) is 23.7 Å². The highest BCUT2D eigenvalue weighted by Gasteiger charge is 2.15. The third-order valence-corrected chi connectivity index (χ3v) is 4.49. The summed E-state index contributed by atoms with van der Waals surface area (Å²) >= 11 is 1.35. The van der Waals surface area contributed by atoms with Gasteiger partial charge >= 0.3 is 0 Å². The molecule has 25 heavy (non-hydrogen) atoms. The van der Waals surface area contributed by atoms with E-state index in [-0.39, 0.29) is 11.5 Å². The monoisotopic (exact) mass is 347 g/mol. The molecule has 2 aromatic heterocycles. The van der Waals surface area contributed by atoms with E-state index in [1.54, 1.807) is 0 Å². The van der Waals surface area contributed by atoms with E-state index in [0.29, 0.717) is 5.13 Å². The van der Waals surface area contributed by atoms with Gasteiger partial charge in [-0.15, -0.1) is 11.3 Å². The van der Waals surface area contributed by atoms with Crippen molar-refractivity contribution in [1.29, 1.82) is 0 Å². The predicted octanol–water partition coefficient (Wildman–Crippen LogP) is 3.59. The summed E-state index contributed by atoms with van der Waals surface area (Å²) in [7, 11) is 0. The molecule has 7 heteroatoms. The largest absolute Gasteiger partial charge is 0.382 e. The summed E-state index contributed by atoms with van der Waals surface area (Å²) in [4.78, 5) is 24.6. The first-order valence-electron chi connectivity index (χ1n) is 7.54. The predicted molar refractivity (Wildman–Crippen MR) is 99.5 cm³/mol. The Labute approximate surface area is 147 Å². The van der Waals surface area contributed by atoms with Gasteiger partial charge in [-0.2, -0.15) is 0 Å². The van der Waals surface area contributed by atoms with Gasteiger partial charge in [-0.1, -0.05) is 42.5 Å². The fourth-order valence-corrected chi connectivity index (χ4v) is 3.29. The van der Waals surface area contributed by atoms with Crippen LogP contribution in [0.2, 0.25) is 0 Å². The van der Waals surface area contributed by atoms with Gasteiger partial charge in [0.25, 0.3) is 5.91 Å². The Morgan fingerprint density at radius 2 is 1.84 bits per heavy atom. The van der Waals surface area contributed by atoms with Crippen molar-refractivity contribution in [2.45, 2.75) is 0 Å². The van der Waals surface area contributed by atoms with E-state index in [4.69, 9.17) is 5.73 Å². The lowest BCUT2D eigenvalue weighted by Crippen LogP contribution is -2.16. The molecule has 2 heterocycles. The Morgan fingerprint density at radius 1 is 1.04 bits per heavy atom. The number of carbonyl (C=O) groups excluding carboxylic acids is 1. The Kier molecular flexibility index (Phi) is 3.83. The van der Waals surface area contributed by atoms with Crippen molar-refractivity contribution in [1.82, 2.24) is 15.0 Å². The summed E-state index contributed by atoms with van der Waals surface area (Å²) in [6.45, 7) is 0. The standard InChI is InChI=1S/C18H13N5OS/c19-16-15(20-8-9-21-16)17(24)23-18-22-14(10-25-18)13-7-3-5-11-4-1-2-6-12(11)13/h1-10H,(H2,19,21)(H,22,23,24). The molecule has 0 saturated carbocycles. The zero-order valence-corrected chi connectivity index (χ0v) is 13.8. The van der Waals surface area contributed by atoms with Crippen molar-refractivity contribution in [2.75, 3.05) is 11.1 Å². The summed E-state index contributed by atoms with van der Waals surface area (Å²) < 4.78 is 0. The Morgan fingerprint density at radius 3 is 2.72 bits per heavy atom. The van der Waals surface area contributed by atoms with Crippen molar-refractivity contribution < 1.29 is 4.79 Å². The maximum absolute atomic E-state index is 12.3. The van der Waals surface area contributed by atoms with Crippen LogP contribution in [0.25, 0.3) is 22.0 Å². The smallest absolute Gasteiger partial charge is 0.279 e. The molecule has 4 rings (SSSR count). The van der Waals surface area contributed by atoms with Crippen LogP contribution in [0.1, 0.15) is 10.5 Å². The molecule has 0 fully saturated rings. The molecule has 0 atom stereocenters. The van der Waals surface area contributed by atoms with E-state index >= 15 is 0 Å². The minimum absolute atomic E-state index is 0.0874. The number of nitrogen functional groups attached to an aromatic ring is 1. The quantitative estimate of drug-likeness (QED) is 0.591. The Balaban J connectivity index is 1.64. The first kappa shape index (κ1) is 15.2. The zero-order chi connectivity index (χ0) is 17.2. The van der Waals surface area contributed by atoms with E-state index in [1.807, 2.05) is 29.6 Å². The second-order valence-corrected chi connectivity index (χ2v) is 6.17. The van der Waals surface area contributed by atoms with Crippen molar-refractivity contribution in [3.63, 3.8) is 0 Å². The maximum atomic E-state index is 12.3. The van der Waals surface area contributed by atoms with Crippen LogP contribution in [-0.4, -0.2) is 20.9 Å². The summed E-state index contributed by atoms with van der Waals surface area (Å²) in [6.07, 6.45) is 2.86. The van der Waals surface area contributed by atoms with Gasteiger partial charge in [-0.3, -0.25) is 10.1 Å². The second-order valence-electron chi connectivity index (χ2n) is 5.31. The zero-order valence-electron chi connectivity index (χ0n) is 13.0. The minimum atomic E-state index is -0.426. The van der Waals surface area contributed by atoms with Crippen molar-refractivity contribution in [3.05, 3.63) is 65.9 Å². The number of hydrogen-bond acceptors (Lipinski definition) is 6. The molecular formula is C18H13N5OS. The molecule has 4 aromatic rings. The van der Waals surface area contributed by atoms with Gasteiger partial charge in [-0.25, -0.2) is 15.0 Å². The van der Waals surface area contributed by atoms with E-state index in [2.05, 4.69) is 38.5 Å². The minimum Gasteiger partial charge on any atom is -0.382 e. The molecule has 6 nitrogen and oxygen atoms in total. The van der Waals surface area contributed by atoms with Crippen LogP contribution >= 0.6 is 11.3 Å². The fraction of sp³-hybridized carbons (Fsp3) is 0. The number of hydrogen-bond donors (Lipinski definition) is 2. The van der Waals surface area contributed by atoms with Crippen LogP contribution < -0.4 is 11.1 Å². The van der Waals surface area contributed by atoms with E-state index in [9.17, 15) is 4.79 Å². The molecule has 0 aliphatic carbocycles. The first-order chi connectivity index (χ1) is 12.2. The highest BCUT2D eigenvalue weighted by atomic mass is 32.1. The lowest BCUT2D eigenvalue weighted by atomic mass is 10.0. The van der Waals surface area contributed by atoms with Crippen LogP contribution in [0.4, 0.5) is 10.9 Å². The third-order valence-electron chi connectivity index (χ3n) is 3.73. The summed E-state index contributed by atoms with van der Waals surface area (Å²) in [6, 6.07) is 14.2. The number of thiazole rings is 1. The van der Waals surface area contributed by atoms with Gasteiger partial charge in [0.2, 0.25) is 0 Å². The van der Waals surface area contributed by atoms with Crippen LogP contribution in [0.3, 0.4) is 0 Å². The number of nitrogens with one attached hydrogen (secondary N) is 1.